The van der Waals surface area contributed by atoms with Crippen LogP contribution in [-0.4, -0.2) is 20.6 Å². The van der Waals surface area contributed by atoms with Crippen LogP contribution in [0.2, 0.25) is 0 Å². The Labute approximate surface area is 172 Å². The summed E-state index contributed by atoms with van der Waals surface area (Å²) in [6.45, 7) is 2.33. The molecule has 0 saturated carbocycles. The zero-order valence-corrected chi connectivity index (χ0v) is 16.3. The number of fused-ring (bicyclic) bond motifs is 3. The Balaban J connectivity index is 1.95. The maximum Gasteiger partial charge on any atom is 0.353 e. The molecule has 0 bridgehead atoms. The highest BCUT2D eigenvalue weighted by atomic mass is 19.1. The van der Waals surface area contributed by atoms with Crippen molar-refractivity contribution < 1.29 is 14.3 Å². The van der Waals surface area contributed by atoms with E-state index in [2.05, 4.69) is 4.98 Å². The summed E-state index contributed by atoms with van der Waals surface area (Å²) in [6, 6.07) is 21.9. The van der Waals surface area contributed by atoms with E-state index in [0.717, 1.165) is 33.1 Å². The van der Waals surface area contributed by atoms with Crippen molar-refractivity contribution >= 4 is 27.8 Å². The quantitative estimate of drug-likeness (QED) is 0.391. The molecule has 0 saturated heterocycles. The van der Waals surface area contributed by atoms with E-state index in [0.29, 0.717) is 12.1 Å². The number of hydrogen-bond acceptors (Lipinski definition) is 1. The molecule has 30 heavy (non-hydrogen) atoms. The fourth-order valence-electron chi connectivity index (χ4n) is 4.27. The summed E-state index contributed by atoms with van der Waals surface area (Å²) in [5, 5.41) is 11.8. The molecule has 0 fully saturated rings. The van der Waals surface area contributed by atoms with E-state index in [1.165, 1.54) is 6.07 Å². The van der Waals surface area contributed by atoms with Gasteiger partial charge in [0.15, 0.2) is 0 Å². The molecule has 3 aromatic carbocycles. The summed E-state index contributed by atoms with van der Waals surface area (Å²) in [5.41, 5.74) is 4.39. The third-order valence-corrected chi connectivity index (χ3v) is 5.49. The molecule has 0 atom stereocenters. The summed E-state index contributed by atoms with van der Waals surface area (Å²) >= 11 is 0. The molecule has 0 aliphatic rings. The topological polar surface area (TPSA) is 58.0 Å². The number of carbonyl (C=O) groups is 1. The first kappa shape index (κ1) is 18.2. The molecule has 5 heteroatoms. The second kappa shape index (κ2) is 6.88. The number of aryl methyl sites for hydroxylation is 1. The van der Waals surface area contributed by atoms with Crippen molar-refractivity contribution in [2.75, 3.05) is 0 Å². The number of benzene rings is 3. The maximum atomic E-state index is 14.9. The average molecular weight is 398 g/mol. The Morgan fingerprint density at radius 1 is 1.03 bits per heavy atom. The van der Waals surface area contributed by atoms with Crippen LogP contribution in [0.4, 0.5) is 4.39 Å². The van der Waals surface area contributed by atoms with Crippen molar-refractivity contribution in [3.05, 3.63) is 95.6 Å². The van der Waals surface area contributed by atoms with Crippen LogP contribution in [-0.2, 0) is 6.54 Å². The normalized spacial score (nSPS) is 11.4. The molecule has 148 valence electrons. The van der Waals surface area contributed by atoms with E-state index in [9.17, 15) is 14.3 Å². The van der Waals surface area contributed by atoms with Crippen LogP contribution in [0.25, 0.3) is 32.9 Å². The minimum absolute atomic E-state index is 0.0882. The predicted octanol–water partition coefficient (Wildman–Crippen LogP) is 5.98. The highest BCUT2D eigenvalue weighted by Gasteiger charge is 2.27. The molecule has 5 aromatic rings. The Bertz CT molecular complexity index is 1410. The van der Waals surface area contributed by atoms with Crippen LogP contribution < -0.4 is 0 Å². The van der Waals surface area contributed by atoms with Gasteiger partial charge >= 0.3 is 5.97 Å². The third kappa shape index (κ3) is 2.78. The number of nitrogens with one attached hydrogen (secondary N) is 1. The maximum absolute atomic E-state index is 14.9. The number of aromatic amines is 1. The van der Waals surface area contributed by atoms with Gasteiger partial charge in [0, 0.05) is 39.7 Å². The number of halogens is 1. The van der Waals surface area contributed by atoms with Gasteiger partial charge in [-0.25, -0.2) is 9.18 Å². The van der Waals surface area contributed by atoms with Crippen LogP contribution in [0.15, 0.2) is 72.8 Å². The summed E-state index contributed by atoms with van der Waals surface area (Å²) in [6.07, 6.45) is 0. The third-order valence-electron chi connectivity index (χ3n) is 5.49. The van der Waals surface area contributed by atoms with Crippen molar-refractivity contribution in [2.45, 2.75) is 13.5 Å². The number of carboxylic acid groups (broad SMARTS) is 1. The van der Waals surface area contributed by atoms with E-state index in [1.54, 1.807) is 22.8 Å². The van der Waals surface area contributed by atoms with Gasteiger partial charge in [-0.15, -0.1) is 0 Å². The van der Waals surface area contributed by atoms with Gasteiger partial charge in [-0.1, -0.05) is 48.5 Å². The zero-order chi connectivity index (χ0) is 20.8. The van der Waals surface area contributed by atoms with Crippen LogP contribution in [0.1, 0.15) is 21.7 Å². The summed E-state index contributed by atoms with van der Waals surface area (Å²) in [4.78, 5) is 15.8. The molecule has 0 aliphatic heterocycles. The fourth-order valence-corrected chi connectivity index (χ4v) is 4.27. The van der Waals surface area contributed by atoms with Gasteiger partial charge in [0.1, 0.15) is 11.5 Å². The molecule has 0 spiro atoms. The molecular weight excluding hydrogens is 379 g/mol. The molecule has 0 aliphatic carbocycles. The van der Waals surface area contributed by atoms with Gasteiger partial charge in [0.05, 0.1) is 5.52 Å². The minimum atomic E-state index is -1.08. The van der Waals surface area contributed by atoms with Gasteiger partial charge in [-0.3, -0.25) is 0 Å². The summed E-state index contributed by atoms with van der Waals surface area (Å²) in [5.74, 6) is -1.52. The van der Waals surface area contributed by atoms with E-state index in [-0.39, 0.29) is 11.3 Å². The lowest BCUT2D eigenvalue weighted by molar-refractivity contribution is 0.0687. The molecule has 4 nitrogen and oxygen atoms in total. The first-order valence-corrected chi connectivity index (χ1v) is 9.71. The Morgan fingerprint density at radius 2 is 1.77 bits per heavy atom. The van der Waals surface area contributed by atoms with E-state index >= 15 is 0 Å². The van der Waals surface area contributed by atoms with Crippen LogP contribution in [0.3, 0.4) is 0 Å². The van der Waals surface area contributed by atoms with Crippen molar-refractivity contribution in [3.8, 4) is 11.1 Å². The second-order valence-electron chi connectivity index (χ2n) is 7.45. The number of rotatable bonds is 4. The van der Waals surface area contributed by atoms with Crippen molar-refractivity contribution in [3.63, 3.8) is 0 Å². The first-order chi connectivity index (χ1) is 14.5. The number of aromatic carboxylic acids is 1. The lowest BCUT2D eigenvalue weighted by Crippen LogP contribution is -2.10. The monoisotopic (exact) mass is 398 g/mol. The number of aromatic nitrogens is 2. The highest BCUT2D eigenvalue weighted by Crippen LogP contribution is 2.41. The molecule has 2 aromatic heterocycles. The second-order valence-corrected chi connectivity index (χ2v) is 7.45. The van der Waals surface area contributed by atoms with Crippen LogP contribution in [0.5, 0.6) is 0 Å². The Hall–Kier alpha value is -3.86. The van der Waals surface area contributed by atoms with E-state index in [1.807, 2.05) is 55.5 Å². The van der Waals surface area contributed by atoms with Crippen molar-refractivity contribution in [1.29, 1.82) is 0 Å². The Kier molecular flexibility index (Phi) is 4.17. The number of nitrogens with zero attached hydrogens (tertiary/aromatic N) is 1. The SMILES string of the molecule is Cc1cc2c(ccc3c2c(-c2ccccc2F)c(C(=O)O)n3Cc2ccccc2)[nH]1. The van der Waals surface area contributed by atoms with Gasteiger partial charge < -0.3 is 14.7 Å². The van der Waals surface area contributed by atoms with Crippen molar-refractivity contribution in [2.24, 2.45) is 0 Å². The van der Waals surface area contributed by atoms with Crippen LogP contribution >= 0.6 is 0 Å². The van der Waals surface area contributed by atoms with Crippen LogP contribution in [0, 0.1) is 12.7 Å². The molecule has 0 radical (unpaired) electrons. The highest BCUT2D eigenvalue weighted by molar-refractivity contribution is 6.18. The lowest BCUT2D eigenvalue weighted by atomic mass is 9.99. The largest absolute Gasteiger partial charge is 0.477 e. The molecule has 0 amide bonds. The molecule has 5 rings (SSSR count). The minimum Gasteiger partial charge on any atom is -0.477 e. The number of hydrogen-bond donors (Lipinski definition) is 2. The zero-order valence-electron chi connectivity index (χ0n) is 16.3. The van der Waals surface area contributed by atoms with E-state index < -0.39 is 11.8 Å². The fraction of sp³-hybridized carbons (Fsp3) is 0.0800. The number of carboxylic acids is 1. The lowest BCUT2D eigenvalue weighted by Gasteiger charge is -2.10. The molecule has 0 unspecified atom stereocenters. The molecule has 2 heterocycles. The Morgan fingerprint density at radius 3 is 2.50 bits per heavy atom. The smallest absolute Gasteiger partial charge is 0.353 e. The molecule has 2 N–H and O–H groups in total. The van der Waals surface area contributed by atoms with Gasteiger partial charge in [0.2, 0.25) is 0 Å². The first-order valence-electron chi connectivity index (χ1n) is 9.71. The van der Waals surface area contributed by atoms with E-state index in [4.69, 9.17) is 0 Å². The van der Waals surface area contributed by atoms with Gasteiger partial charge in [-0.05, 0) is 36.8 Å². The summed E-state index contributed by atoms with van der Waals surface area (Å²) < 4.78 is 16.7. The summed E-state index contributed by atoms with van der Waals surface area (Å²) in [7, 11) is 0. The van der Waals surface area contributed by atoms with Crippen molar-refractivity contribution in [1.82, 2.24) is 9.55 Å². The average Bonchev–Trinajstić information content (AvgIpc) is 3.26. The predicted molar refractivity (Wildman–Crippen MR) is 116 cm³/mol. The van der Waals surface area contributed by atoms with Gasteiger partial charge in [-0.2, -0.15) is 0 Å². The van der Waals surface area contributed by atoms with Gasteiger partial charge in [0.25, 0.3) is 0 Å². The standard InChI is InChI=1S/C25H19FN2O2/c1-15-13-18-20(27-15)11-12-21-22(18)23(17-9-5-6-10-19(17)26)24(25(29)30)28(21)14-16-7-3-2-4-8-16/h2-13,27H,14H2,1H3,(H,29,30). The molecular formula is C25H19FN2O2. The number of H-pyrrole nitrogens is 1.